The fourth-order valence-electron chi connectivity index (χ4n) is 2.67. The van der Waals surface area contributed by atoms with E-state index in [2.05, 4.69) is 10.4 Å². The number of ether oxygens (including phenoxy) is 1. The molecule has 144 valence electrons. The van der Waals surface area contributed by atoms with E-state index in [9.17, 15) is 9.59 Å². The molecule has 0 saturated carbocycles. The van der Waals surface area contributed by atoms with Gasteiger partial charge in [0.05, 0.1) is 5.69 Å². The number of carbonyl (C=O) groups is 1. The highest BCUT2D eigenvalue weighted by atomic mass is 16.5. The lowest BCUT2D eigenvalue weighted by Gasteiger charge is -2.16. The number of hydrogen-bond acceptors (Lipinski definition) is 4. The monoisotopic (exact) mass is 377 g/mol. The van der Waals surface area contributed by atoms with Gasteiger partial charge in [-0.05, 0) is 62.2 Å². The SMILES string of the molecule is Cc1ccc(OC(C)C(=O)Nc2ccc(-c3ccc(=O)n(C)n3)cc2)cc1C. The van der Waals surface area contributed by atoms with Crippen LogP contribution in [-0.4, -0.2) is 21.8 Å². The van der Waals surface area contributed by atoms with E-state index in [-0.39, 0.29) is 11.5 Å². The summed E-state index contributed by atoms with van der Waals surface area (Å²) in [5.41, 5.74) is 4.34. The Morgan fingerprint density at radius 1 is 1.04 bits per heavy atom. The molecule has 1 atom stereocenters. The zero-order valence-corrected chi connectivity index (χ0v) is 16.4. The standard InChI is InChI=1S/C22H23N3O3/c1-14-5-10-19(13-15(14)2)28-16(3)22(27)23-18-8-6-17(7-9-18)20-11-12-21(26)25(4)24-20/h5-13,16H,1-4H3,(H,23,27). The van der Waals surface area contributed by atoms with Crippen LogP contribution in [0.4, 0.5) is 5.69 Å². The van der Waals surface area contributed by atoms with E-state index in [4.69, 9.17) is 4.74 Å². The van der Waals surface area contributed by atoms with Crippen molar-refractivity contribution >= 4 is 11.6 Å². The summed E-state index contributed by atoms with van der Waals surface area (Å²) in [6.45, 7) is 5.75. The third-order valence-electron chi connectivity index (χ3n) is 4.57. The number of nitrogens with one attached hydrogen (secondary N) is 1. The molecule has 0 bridgehead atoms. The highest BCUT2D eigenvalue weighted by molar-refractivity contribution is 5.94. The van der Waals surface area contributed by atoms with Crippen molar-refractivity contribution in [3.05, 3.63) is 76.1 Å². The highest BCUT2D eigenvalue weighted by Crippen LogP contribution is 2.20. The average molecular weight is 377 g/mol. The van der Waals surface area contributed by atoms with Gasteiger partial charge in [-0.1, -0.05) is 18.2 Å². The second-order valence-corrected chi connectivity index (χ2v) is 6.75. The van der Waals surface area contributed by atoms with Crippen LogP contribution < -0.4 is 15.6 Å². The Bertz CT molecular complexity index is 1060. The third-order valence-corrected chi connectivity index (χ3v) is 4.57. The van der Waals surface area contributed by atoms with Gasteiger partial charge in [0, 0.05) is 24.4 Å². The van der Waals surface area contributed by atoms with E-state index < -0.39 is 6.10 Å². The van der Waals surface area contributed by atoms with Gasteiger partial charge >= 0.3 is 0 Å². The maximum atomic E-state index is 12.4. The minimum absolute atomic E-state index is 0.162. The molecular weight excluding hydrogens is 354 g/mol. The summed E-state index contributed by atoms with van der Waals surface area (Å²) in [6, 6.07) is 16.2. The van der Waals surface area contributed by atoms with Crippen molar-refractivity contribution in [1.82, 2.24) is 9.78 Å². The van der Waals surface area contributed by atoms with Crippen LogP contribution in [0.2, 0.25) is 0 Å². The second kappa shape index (κ2) is 8.08. The quantitative estimate of drug-likeness (QED) is 0.739. The molecule has 6 nitrogen and oxygen atoms in total. The number of benzene rings is 2. The summed E-state index contributed by atoms with van der Waals surface area (Å²) in [6.07, 6.45) is -0.632. The molecule has 28 heavy (non-hydrogen) atoms. The Hall–Kier alpha value is -3.41. The van der Waals surface area contributed by atoms with Crippen LogP contribution in [-0.2, 0) is 11.8 Å². The van der Waals surface area contributed by atoms with Crippen LogP contribution in [0.5, 0.6) is 5.75 Å². The molecular formula is C22H23N3O3. The first-order valence-corrected chi connectivity index (χ1v) is 9.03. The predicted octanol–water partition coefficient (Wildman–Crippen LogP) is 3.47. The van der Waals surface area contributed by atoms with E-state index in [1.807, 2.05) is 44.2 Å². The topological polar surface area (TPSA) is 73.2 Å². The first kappa shape index (κ1) is 19.4. The number of carbonyl (C=O) groups excluding carboxylic acids is 1. The summed E-state index contributed by atoms with van der Waals surface area (Å²) in [4.78, 5) is 23.9. The van der Waals surface area contributed by atoms with Crippen molar-refractivity contribution in [1.29, 1.82) is 0 Å². The lowest BCUT2D eigenvalue weighted by Crippen LogP contribution is -2.30. The molecule has 2 aromatic carbocycles. The Morgan fingerprint density at radius 2 is 1.75 bits per heavy atom. The number of nitrogens with zero attached hydrogens (tertiary/aromatic N) is 2. The molecule has 1 N–H and O–H groups in total. The first-order chi connectivity index (χ1) is 13.3. The van der Waals surface area contributed by atoms with Gasteiger partial charge in [-0.15, -0.1) is 0 Å². The van der Waals surface area contributed by atoms with Crippen LogP contribution in [0.3, 0.4) is 0 Å². The molecule has 0 spiro atoms. The van der Waals surface area contributed by atoms with Crippen molar-refractivity contribution in [2.24, 2.45) is 7.05 Å². The Balaban J connectivity index is 1.65. The van der Waals surface area contributed by atoms with E-state index in [0.717, 1.165) is 11.1 Å². The second-order valence-electron chi connectivity index (χ2n) is 6.75. The Morgan fingerprint density at radius 3 is 2.39 bits per heavy atom. The number of anilines is 1. The molecule has 1 unspecified atom stereocenters. The van der Waals surface area contributed by atoms with E-state index in [1.54, 1.807) is 32.2 Å². The number of rotatable bonds is 5. The van der Waals surface area contributed by atoms with E-state index in [0.29, 0.717) is 17.1 Å². The van der Waals surface area contributed by atoms with Gasteiger partial charge in [-0.25, -0.2) is 4.68 Å². The van der Waals surface area contributed by atoms with Crippen molar-refractivity contribution in [2.75, 3.05) is 5.32 Å². The molecule has 0 aliphatic carbocycles. The van der Waals surface area contributed by atoms with Crippen LogP contribution in [0.15, 0.2) is 59.4 Å². The zero-order valence-electron chi connectivity index (χ0n) is 16.4. The fourth-order valence-corrected chi connectivity index (χ4v) is 2.67. The Labute approximate surface area is 163 Å². The molecule has 0 fully saturated rings. The van der Waals surface area contributed by atoms with Crippen LogP contribution in [0, 0.1) is 13.8 Å². The van der Waals surface area contributed by atoms with Gasteiger partial charge in [0.15, 0.2) is 6.10 Å². The molecule has 1 aromatic heterocycles. The van der Waals surface area contributed by atoms with Crippen LogP contribution in [0.1, 0.15) is 18.1 Å². The summed E-state index contributed by atoms with van der Waals surface area (Å²) in [5.74, 6) is 0.438. The molecule has 6 heteroatoms. The van der Waals surface area contributed by atoms with E-state index >= 15 is 0 Å². The molecule has 3 aromatic rings. The van der Waals surface area contributed by atoms with Crippen molar-refractivity contribution in [3.8, 4) is 17.0 Å². The van der Waals surface area contributed by atoms with Crippen LogP contribution >= 0.6 is 0 Å². The van der Waals surface area contributed by atoms with E-state index in [1.165, 1.54) is 16.3 Å². The molecule has 0 aliphatic rings. The first-order valence-electron chi connectivity index (χ1n) is 9.03. The molecule has 1 heterocycles. The molecule has 0 aliphatic heterocycles. The van der Waals surface area contributed by atoms with Gasteiger partial charge in [0.2, 0.25) is 0 Å². The summed E-state index contributed by atoms with van der Waals surface area (Å²) < 4.78 is 7.04. The zero-order chi connectivity index (χ0) is 20.3. The maximum Gasteiger partial charge on any atom is 0.266 e. The minimum atomic E-state index is -0.632. The predicted molar refractivity (Wildman–Crippen MR) is 110 cm³/mol. The normalized spacial score (nSPS) is 11.7. The lowest BCUT2D eigenvalue weighted by atomic mass is 10.1. The van der Waals surface area contributed by atoms with Crippen molar-refractivity contribution < 1.29 is 9.53 Å². The summed E-state index contributed by atoms with van der Waals surface area (Å²) in [5, 5.41) is 7.07. The maximum absolute atomic E-state index is 12.4. The Kier molecular flexibility index (Phi) is 5.59. The molecule has 3 rings (SSSR count). The summed E-state index contributed by atoms with van der Waals surface area (Å²) in [7, 11) is 1.61. The van der Waals surface area contributed by atoms with Crippen molar-refractivity contribution in [3.63, 3.8) is 0 Å². The van der Waals surface area contributed by atoms with Gasteiger partial charge in [0.25, 0.3) is 11.5 Å². The van der Waals surface area contributed by atoms with Gasteiger partial charge in [0.1, 0.15) is 5.75 Å². The average Bonchev–Trinajstić information content (AvgIpc) is 2.67. The number of hydrogen-bond donors (Lipinski definition) is 1. The minimum Gasteiger partial charge on any atom is -0.481 e. The molecule has 1 amide bonds. The lowest BCUT2D eigenvalue weighted by molar-refractivity contribution is -0.122. The molecule has 0 saturated heterocycles. The summed E-state index contributed by atoms with van der Waals surface area (Å²) >= 11 is 0. The van der Waals surface area contributed by atoms with Crippen LogP contribution in [0.25, 0.3) is 11.3 Å². The number of aromatic nitrogens is 2. The fraction of sp³-hybridized carbons (Fsp3) is 0.227. The number of amides is 1. The highest BCUT2D eigenvalue weighted by Gasteiger charge is 2.15. The smallest absolute Gasteiger partial charge is 0.266 e. The van der Waals surface area contributed by atoms with Crippen molar-refractivity contribution in [2.45, 2.75) is 26.9 Å². The van der Waals surface area contributed by atoms with Gasteiger partial charge in [-0.3, -0.25) is 9.59 Å². The number of aryl methyl sites for hydroxylation is 3. The van der Waals surface area contributed by atoms with Gasteiger partial charge < -0.3 is 10.1 Å². The van der Waals surface area contributed by atoms with Gasteiger partial charge in [-0.2, -0.15) is 5.10 Å². The molecule has 0 radical (unpaired) electrons. The third kappa shape index (κ3) is 4.46. The largest absolute Gasteiger partial charge is 0.481 e.